The lowest BCUT2D eigenvalue weighted by atomic mass is 9.91. The molecule has 1 atom stereocenters. The zero-order chi connectivity index (χ0) is 15.2. The molecule has 1 aliphatic rings. The summed E-state index contributed by atoms with van der Waals surface area (Å²) < 4.78 is 11.6. The molecule has 1 N–H and O–H groups in total. The van der Waals surface area contributed by atoms with Crippen LogP contribution in [0, 0.1) is 5.92 Å². The van der Waals surface area contributed by atoms with E-state index in [1.807, 2.05) is 19.2 Å². The Morgan fingerprint density at radius 3 is 3.00 bits per heavy atom. The van der Waals surface area contributed by atoms with Gasteiger partial charge in [-0.1, -0.05) is 30.3 Å². The molecule has 0 saturated carbocycles. The first-order valence-electron chi connectivity index (χ1n) is 7.92. The maximum Gasteiger partial charge on any atom is 0.122 e. The van der Waals surface area contributed by atoms with Gasteiger partial charge in [-0.2, -0.15) is 0 Å². The quantitative estimate of drug-likeness (QED) is 0.831. The van der Waals surface area contributed by atoms with Gasteiger partial charge in [0.05, 0.1) is 6.61 Å². The van der Waals surface area contributed by atoms with Gasteiger partial charge >= 0.3 is 0 Å². The van der Waals surface area contributed by atoms with E-state index in [2.05, 4.69) is 41.7 Å². The Labute approximate surface area is 132 Å². The van der Waals surface area contributed by atoms with Gasteiger partial charge in [0.2, 0.25) is 0 Å². The first-order valence-corrected chi connectivity index (χ1v) is 7.92. The number of para-hydroxylation sites is 1. The fourth-order valence-electron chi connectivity index (χ4n) is 2.89. The fraction of sp³-hybridized carbons (Fsp3) is 0.368. The van der Waals surface area contributed by atoms with Gasteiger partial charge in [-0.25, -0.2) is 0 Å². The van der Waals surface area contributed by atoms with Crippen molar-refractivity contribution in [3.63, 3.8) is 0 Å². The minimum atomic E-state index is 0.530. The number of nitrogens with one attached hydrogen (secondary N) is 1. The first-order chi connectivity index (χ1) is 10.8. The molecule has 116 valence electrons. The van der Waals surface area contributed by atoms with Crippen LogP contribution in [0.15, 0.2) is 48.5 Å². The lowest BCUT2D eigenvalue weighted by Crippen LogP contribution is -2.22. The lowest BCUT2D eigenvalue weighted by Gasteiger charge is -2.25. The van der Waals surface area contributed by atoms with Gasteiger partial charge in [0.25, 0.3) is 0 Å². The highest BCUT2D eigenvalue weighted by molar-refractivity contribution is 5.36. The zero-order valence-corrected chi connectivity index (χ0v) is 13.0. The highest BCUT2D eigenvalue weighted by atomic mass is 16.5. The first kappa shape index (κ1) is 14.9. The Kier molecular flexibility index (Phi) is 4.96. The molecule has 3 rings (SSSR count). The molecule has 3 nitrogen and oxygen atoms in total. The predicted molar refractivity (Wildman–Crippen MR) is 88.7 cm³/mol. The maximum absolute atomic E-state index is 5.88. The second-order valence-corrected chi connectivity index (χ2v) is 5.79. The molecule has 22 heavy (non-hydrogen) atoms. The van der Waals surface area contributed by atoms with Crippen molar-refractivity contribution >= 4 is 0 Å². The highest BCUT2D eigenvalue weighted by Gasteiger charge is 2.19. The van der Waals surface area contributed by atoms with E-state index in [1.54, 1.807) is 0 Å². The van der Waals surface area contributed by atoms with Crippen LogP contribution in [0.1, 0.15) is 11.1 Å². The molecule has 0 fully saturated rings. The van der Waals surface area contributed by atoms with E-state index in [9.17, 15) is 0 Å². The molecule has 0 saturated heterocycles. The lowest BCUT2D eigenvalue weighted by molar-refractivity contribution is 0.221. The smallest absolute Gasteiger partial charge is 0.122 e. The summed E-state index contributed by atoms with van der Waals surface area (Å²) in [5, 5.41) is 3.09. The van der Waals surface area contributed by atoms with Crippen LogP contribution in [0.5, 0.6) is 11.5 Å². The molecule has 0 spiro atoms. The van der Waals surface area contributed by atoms with Gasteiger partial charge in [0.15, 0.2) is 0 Å². The van der Waals surface area contributed by atoms with Crippen molar-refractivity contribution in [2.45, 2.75) is 12.8 Å². The summed E-state index contributed by atoms with van der Waals surface area (Å²) in [5.41, 5.74) is 2.63. The van der Waals surface area contributed by atoms with Crippen molar-refractivity contribution in [2.24, 2.45) is 5.92 Å². The average Bonchev–Trinajstić information content (AvgIpc) is 2.55. The third-order valence-corrected chi connectivity index (χ3v) is 4.00. The third kappa shape index (κ3) is 3.80. The molecule has 0 amide bonds. The van der Waals surface area contributed by atoms with E-state index in [1.165, 1.54) is 11.1 Å². The maximum atomic E-state index is 5.88. The molecule has 0 aliphatic carbocycles. The van der Waals surface area contributed by atoms with E-state index < -0.39 is 0 Å². The molecule has 0 unspecified atom stereocenters. The van der Waals surface area contributed by atoms with E-state index in [-0.39, 0.29) is 0 Å². The average molecular weight is 297 g/mol. The molecular formula is C19H23NO2. The molecule has 1 heterocycles. The number of hydrogen-bond acceptors (Lipinski definition) is 3. The molecule has 0 bridgehead atoms. The molecule has 1 aliphatic heterocycles. The Morgan fingerprint density at radius 2 is 2.09 bits per heavy atom. The third-order valence-electron chi connectivity index (χ3n) is 4.00. The summed E-state index contributed by atoms with van der Waals surface area (Å²) >= 11 is 0. The highest BCUT2D eigenvalue weighted by Crippen LogP contribution is 2.29. The molecule has 0 aromatic heterocycles. The van der Waals surface area contributed by atoms with Crippen LogP contribution in [0.25, 0.3) is 0 Å². The summed E-state index contributed by atoms with van der Waals surface area (Å²) in [7, 11) is 1.93. The number of hydrogen-bond donors (Lipinski definition) is 1. The van der Waals surface area contributed by atoms with Gasteiger partial charge in [-0.15, -0.1) is 0 Å². The summed E-state index contributed by atoms with van der Waals surface area (Å²) in [4.78, 5) is 0. The van der Waals surface area contributed by atoms with Crippen molar-refractivity contribution < 1.29 is 9.47 Å². The zero-order valence-electron chi connectivity index (χ0n) is 13.0. The van der Waals surface area contributed by atoms with Crippen molar-refractivity contribution in [3.8, 4) is 11.5 Å². The van der Waals surface area contributed by atoms with Crippen molar-refractivity contribution in [1.29, 1.82) is 0 Å². The molecule has 0 radical (unpaired) electrons. The molecule has 3 heteroatoms. The van der Waals surface area contributed by atoms with E-state index >= 15 is 0 Å². The van der Waals surface area contributed by atoms with Crippen LogP contribution in [0.2, 0.25) is 0 Å². The van der Waals surface area contributed by atoms with Gasteiger partial charge in [-0.05, 0) is 49.2 Å². The Balaban J connectivity index is 1.61. The standard InChI is InChI=1S/C19H23NO2/c1-20-9-10-21-18-7-4-5-15(13-18)11-16-12-17-6-2-3-8-19(17)22-14-16/h2-8,13,16,20H,9-12,14H2,1H3/t16-/m1/s1. The number of ether oxygens (including phenoxy) is 2. The van der Waals surface area contributed by atoms with Gasteiger partial charge < -0.3 is 14.8 Å². The predicted octanol–water partition coefficient (Wildman–Crippen LogP) is 3.08. The number of fused-ring (bicyclic) bond motifs is 1. The summed E-state index contributed by atoms with van der Waals surface area (Å²) in [6.45, 7) is 2.35. The van der Waals surface area contributed by atoms with Gasteiger partial charge in [0.1, 0.15) is 18.1 Å². The van der Waals surface area contributed by atoms with Crippen LogP contribution >= 0.6 is 0 Å². The molecule has 2 aromatic rings. The van der Waals surface area contributed by atoms with E-state index in [0.29, 0.717) is 12.5 Å². The van der Waals surface area contributed by atoms with E-state index in [0.717, 1.165) is 37.5 Å². The van der Waals surface area contributed by atoms with Gasteiger partial charge in [-0.3, -0.25) is 0 Å². The number of rotatable bonds is 6. The Morgan fingerprint density at radius 1 is 1.18 bits per heavy atom. The number of benzene rings is 2. The Hall–Kier alpha value is -2.00. The second-order valence-electron chi connectivity index (χ2n) is 5.79. The topological polar surface area (TPSA) is 30.5 Å². The normalized spacial score (nSPS) is 16.7. The van der Waals surface area contributed by atoms with Crippen molar-refractivity contribution in [3.05, 3.63) is 59.7 Å². The molecule has 2 aromatic carbocycles. The largest absolute Gasteiger partial charge is 0.493 e. The van der Waals surface area contributed by atoms with Crippen LogP contribution < -0.4 is 14.8 Å². The van der Waals surface area contributed by atoms with Crippen molar-refractivity contribution in [1.82, 2.24) is 5.32 Å². The fourth-order valence-corrected chi connectivity index (χ4v) is 2.89. The van der Waals surface area contributed by atoms with Crippen LogP contribution in [-0.2, 0) is 12.8 Å². The summed E-state index contributed by atoms with van der Waals surface area (Å²) in [5.74, 6) is 2.52. The number of likely N-dealkylation sites (N-methyl/N-ethyl adjacent to an activating group) is 1. The van der Waals surface area contributed by atoms with Crippen LogP contribution in [0.3, 0.4) is 0 Å². The Bertz CT molecular complexity index is 612. The summed E-state index contributed by atoms with van der Waals surface area (Å²) in [6, 6.07) is 16.8. The van der Waals surface area contributed by atoms with Crippen molar-refractivity contribution in [2.75, 3.05) is 26.8 Å². The minimum absolute atomic E-state index is 0.530. The van der Waals surface area contributed by atoms with Crippen LogP contribution in [0.4, 0.5) is 0 Å². The second kappa shape index (κ2) is 7.32. The van der Waals surface area contributed by atoms with Gasteiger partial charge in [0, 0.05) is 12.5 Å². The SMILES string of the molecule is CNCCOc1cccc(C[C@H]2COc3ccccc3C2)c1. The minimum Gasteiger partial charge on any atom is -0.493 e. The summed E-state index contributed by atoms with van der Waals surface area (Å²) in [6.07, 6.45) is 2.11. The van der Waals surface area contributed by atoms with E-state index in [4.69, 9.17) is 9.47 Å². The van der Waals surface area contributed by atoms with Crippen LogP contribution in [-0.4, -0.2) is 26.8 Å². The molecular weight excluding hydrogens is 274 g/mol. The monoisotopic (exact) mass is 297 g/mol.